The molecule has 0 spiro atoms. The number of benzene rings is 1. The summed E-state index contributed by atoms with van der Waals surface area (Å²) in [5.41, 5.74) is 0.465. The number of hydrogen-bond donors (Lipinski definition) is 2. The number of hydrogen-bond acceptors (Lipinski definition) is 4. The minimum atomic E-state index is -0.451. The van der Waals surface area contributed by atoms with Crippen molar-refractivity contribution in [3.63, 3.8) is 0 Å². The van der Waals surface area contributed by atoms with Crippen LogP contribution in [0.4, 0.5) is 5.69 Å². The summed E-state index contributed by atoms with van der Waals surface area (Å²) in [6.45, 7) is 3.82. The fourth-order valence-corrected chi connectivity index (χ4v) is 2.36. The third kappa shape index (κ3) is 4.39. The van der Waals surface area contributed by atoms with Crippen LogP contribution in [0.15, 0.2) is 30.3 Å². The molecule has 0 bridgehead atoms. The van der Waals surface area contributed by atoms with Crippen LogP contribution in [0, 0.1) is 10.1 Å². The fraction of sp³-hybridized carbons (Fsp3) is 0.400. The molecule has 2 N–H and O–H groups in total. The summed E-state index contributed by atoms with van der Waals surface area (Å²) in [7, 11) is 0. The Bertz CT molecular complexity index is 563. The molecular formula is C15H19N3O3. The van der Waals surface area contributed by atoms with Gasteiger partial charge < -0.3 is 10.6 Å². The zero-order valence-corrected chi connectivity index (χ0v) is 12.0. The van der Waals surface area contributed by atoms with Crippen LogP contribution in [-0.2, 0) is 4.79 Å². The maximum absolute atomic E-state index is 12.0. The van der Waals surface area contributed by atoms with Gasteiger partial charge in [-0.3, -0.25) is 14.9 Å². The molecule has 6 nitrogen and oxygen atoms in total. The summed E-state index contributed by atoms with van der Waals surface area (Å²) in [5.74, 6) is -0.175. The van der Waals surface area contributed by atoms with Crippen molar-refractivity contribution in [3.8, 4) is 0 Å². The molecular weight excluding hydrogens is 270 g/mol. The van der Waals surface area contributed by atoms with Gasteiger partial charge in [0.2, 0.25) is 5.91 Å². The quantitative estimate of drug-likeness (QED) is 0.503. The highest BCUT2D eigenvalue weighted by atomic mass is 16.6. The van der Waals surface area contributed by atoms with Gasteiger partial charge in [-0.1, -0.05) is 12.1 Å². The van der Waals surface area contributed by atoms with Crippen LogP contribution in [0.25, 0.3) is 6.08 Å². The Kier molecular flexibility index (Phi) is 4.70. The van der Waals surface area contributed by atoms with Gasteiger partial charge in [0.05, 0.1) is 4.92 Å². The predicted molar refractivity (Wildman–Crippen MR) is 80.8 cm³/mol. The van der Waals surface area contributed by atoms with Crippen molar-refractivity contribution in [3.05, 3.63) is 46.0 Å². The number of carbonyl (C=O) groups is 1. The van der Waals surface area contributed by atoms with Crippen LogP contribution < -0.4 is 10.6 Å². The standard InChI is InChI=1S/C15H19N3O3/c1-15(7-9-16-10-8-15)17-14(19)6-5-12-3-2-4-13(11-12)18(20)21/h2-6,11,16H,7-10H2,1H3,(H,17,19)/b6-5+. The van der Waals surface area contributed by atoms with Crippen LogP contribution in [0.5, 0.6) is 0 Å². The lowest BCUT2D eigenvalue weighted by molar-refractivity contribution is -0.384. The van der Waals surface area contributed by atoms with Gasteiger partial charge in [0.15, 0.2) is 0 Å². The zero-order valence-electron chi connectivity index (χ0n) is 12.0. The van der Waals surface area contributed by atoms with E-state index in [9.17, 15) is 14.9 Å². The number of nitro benzene ring substituents is 1. The van der Waals surface area contributed by atoms with Crippen LogP contribution in [0.1, 0.15) is 25.3 Å². The first-order chi connectivity index (χ1) is 9.98. The molecule has 1 saturated heterocycles. The van der Waals surface area contributed by atoms with Crippen LogP contribution in [0.3, 0.4) is 0 Å². The summed E-state index contributed by atoms with van der Waals surface area (Å²) in [5, 5.41) is 17.0. The van der Waals surface area contributed by atoms with E-state index >= 15 is 0 Å². The number of nitrogens with one attached hydrogen (secondary N) is 2. The summed E-state index contributed by atoms with van der Waals surface area (Å²) < 4.78 is 0. The summed E-state index contributed by atoms with van der Waals surface area (Å²) in [4.78, 5) is 22.2. The molecule has 0 aliphatic carbocycles. The Balaban J connectivity index is 1.98. The molecule has 0 aromatic heterocycles. The molecule has 0 atom stereocenters. The molecule has 0 unspecified atom stereocenters. The highest BCUT2D eigenvalue weighted by Crippen LogP contribution is 2.17. The second-order valence-electron chi connectivity index (χ2n) is 5.49. The van der Waals surface area contributed by atoms with E-state index in [4.69, 9.17) is 0 Å². The maximum atomic E-state index is 12.0. The average molecular weight is 289 g/mol. The van der Waals surface area contributed by atoms with E-state index in [0.29, 0.717) is 5.56 Å². The SMILES string of the molecule is CC1(NC(=O)/C=C/c2cccc([N+](=O)[O-])c2)CCNCC1. The Morgan fingerprint density at radius 1 is 1.43 bits per heavy atom. The Morgan fingerprint density at radius 3 is 2.81 bits per heavy atom. The van der Waals surface area contributed by atoms with E-state index in [2.05, 4.69) is 10.6 Å². The summed E-state index contributed by atoms with van der Waals surface area (Å²) in [6.07, 6.45) is 4.80. The van der Waals surface area contributed by atoms with E-state index in [0.717, 1.165) is 25.9 Å². The number of carbonyl (C=O) groups excluding carboxylic acids is 1. The molecule has 6 heteroatoms. The molecule has 1 aromatic rings. The largest absolute Gasteiger partial charge is 0.347 e. The van der Waals surface area contributed by atoms with Gasteiger partial charge in [-0.25, -0.2) is 0 Å². The van der Waals surface area contributed by atoms with E-state index in [1.165, 1.54) is 18.2 Å². The number of piperidine rings is 1. The van der Waals surface area contributed by atoms with Gasteiger partial charge in [0.25, 0.3) is 5.69 Å². The first-order valence-electron chi connectivity index (χ1n) is 6.94. The second-order valence-corrected chi connectivity index (χ2v) is 5.49. The lowest BCUT2D eigenvalue weighted by atomic mass is 9.90. The zero-order chi connectivity index (χ0) is 15.3. The number of nitro groups is 1. The van der Waals surface area contributed by atoms with Gasteiger partial charge in [0.1, 0.15) is 0 Å². The second kappa shape index (κ2) is 6.49. The Hall–Kier alpha value is -2.21. The van der Waals surface area contributed by atoms with E-state index in [1.54, 1.807) is 18.2 Å². The molecule has 2 rings (SSSR count). The molecule has 1 heterocycles. The predicted octanol–water partition coefficient (Wildman–Crippen LogP) is 1.87. The van der Waals surface area contributed by atoms with Gasteiger partial charge in [0, 0.05) is 23.7 Å². The normalized spacial score (nSPS) is 17.6. The number of amides is 1. The topological polar surface area (TPSA) is 84.3 Å². The molecule has 21 heavy (non-hydrogen) atoms. The van der Waals surface area contributed by atoms with Gasteiger partial charge in [-0.15, -0.1) is 0 Å². The molecule has 1 amide bonds. The van der Waals surface area contributed by atoms with Crippen molar-refractivity contribution in [1.29, 1.82) is 0 Å². The molecule has 0 saturated carbocycles. The maximum Gasteiger partial charge on any atom is 0.270 e. The van der Waals surface area contributed by atoms with Crippen molar-refractivity contribution in [1.82, 2.24) is 10.6 Å². The monoisotopic (exact) mass is 289 g/mol. The summed E-state index contributed by atoms with van der Waals surface area (Å²) >= 11 is 0. The fourth-order valence-electron chi connectivity index (χ4n) is 2.36. The molecule has 1 fully saturated rings. The summed E-state index contributed by atoms with van der Waals surface area (Å²) in [6, 6.07) is 6.19. The Morgan fingerprint density at radius 2 is 2.14 bits per heavy atom. The van der Waals surface area contributed by atoms with Crippen molar-refractivity contribution >= 4 is 17.7 Å². The first-order valence-corrected chi connectivity index (χ1v) is 6.94. The third-order valence-corrected chi connectivity index (χ3v) is 3.64. The van der Waals surface area contributed by atoms with Gasteiger partial charge in [-0.05, 0) is 44.5 Å². The number of non-ortho nitro benzene ring substituents is 1. The minimum absolute atomic E-state index is 0.0166. The molecule has 1 aliphatic rings. The lowest BCUT2D eigenvalue weighted by Crippen LogP contribution is -2.51. The Labute approximate surface area is 123 Å². The highest BCUT2D eigenvalue weighted by Gasteiger charge is 2.27. The van der Waals surface area contributed by atoms with Crippen LogP contribution >= 0.6 is 0 Å². The smallest absolute Gasteiger partial charge is 0.270 e. The minimum Gasteiger partial charge on any atom is -0.347 e. The molecule has 0 radical (unpaired) electrons. The van der Waals surface area contributed by atoms with Gasteiger partial charge in [-0.2, -0.15) is 0 Å². The highest BCUT2D eigenvalue weighted by molar-refractivity contribution is 5.92. The van der Waals surface area contributed by atoms with Crippen LogP contribution in [-0.4, -0.2) is 29.5 Å². The molecule has 1 aromatic carbocycles. The van der Waals surface area contributed by atoms with Crippen molar-refractivity contribution in [2.45, 2.75) is 25.3 Å². The van der Waals surface area contributed by atoms with Gasteiger partial charge >= 0.3 is 0 Å². The lowest BCUT2D eigenvalue weighted by Gasteiger charge is -2.34. The van der Waals surface area contributed by atoms with E-state index < -0.39 is 4.92 Å². The van der Waals surface area contributed by atoms with Crippen LogP contribution in [0.2, 0.25) is 0 Å². The molecule has 1 aliphatic heterocycles. The van der Waals surface area contributed by atoms with E-state index in [-0.39, 0.29) is 17.1 Å². The number of nitrogens with zero attached hydrogens (tertiary/aromatic N) is 1. The number of rotatable bonds is 4. The molecule has 112 valence electrons. The first kappa shape index (κ1) is 15.2. The average Bonchev–Trinajstić information content (AvgIpc) is 2.46. The van der Waals surface area contributed by atoms with E-state index in [1.807, 2.05) is 6.92 Å². The van der Waals surface area contributed by atoms with Crippen molar-refractivity contribution in [2.24, 2.45) is 0 Å². The van der Waals surface area contributed by atoms with Crippen molar-refractivity contribution in [2.75, 3.05) is 13.1 Å². The van der Waals surface area contributed by atoms with Crippen molar-refractivity contribution < 1.29 is 9.72 Å². The third-order valence-electron chi connectivity index (χ3n) is 3.64.